The molecule has 0 radical (unpaired) electrons. The molecule has 1 amide bonds. The quantitative estimate of drug-likeness (QED) is 0.387. The predicted molar refractivity (Wildman–Crippen MR) is 141 cm³/mol. The largest absolute Gasteiger partial charge is 0.443 e. The van der Waals surface area contributed by atoms with E-state index in [1.807, 2.05) is 72.8 Å². The molecule has 0 saturated heterocycles. The second-order valence-electron chi connectivity index (χ2n) is 9.77. The van der Waals surface area contributed by atoms with Gasteiger partial charge < -0.3 is 15.6 Å². The summed E-state index contributed by atoms with van der Waals surface area (Å²) in [5, 5.41) is 21.8. The summed E-state index contributed by atoms with van der Waals surface area (Å²) in [7, 11) is 0. The van der Waals surface area contributed by atoms with E-state index in [1.165, 1.54) is 0 Å². The number of benzene rings is 3. The third kappa shape index (κ3) is 8.21. The number of aliphatic hydroxyl groups excluding tert-OH is 1. The molecule has 2 atom stereocenters. The molecule has 0 aliphatic heterocycles. The van der Waals surface area contributed by atoms with Crippen molar-refractivity contribution < 1.29 is 14.6 Å². The van der Waals surface area contributed by atoms with Crippen molar-refractivity contribution in [3.05, 3.63) is 95.6 Å². The van der Waals surface area contributed by atoms with Gasteiger partial charge in [-0.25, -0.2) is 9.80 Å². The zero-order chi connectivity index (χ0) is 26.1. The van der Waals surface area contributed by atoms with Crippen LogP contribution in [0.2, 0.25) is 0 Å². The predicted octanol–water partition coefficient (Wildman–Crippen LogP) is 4.40. The van der Waals surface area contributed by atoms with Gasteiger partial charge in [-0.3, -0.25) is 5.43 Å². The molecule has 4 N–H and O–H groups in total. The van der Waals surface area contributed by atoms with Crippen LogP contribution in [0.3, 0.4) is 0 Å². The first-order valence-electron chi connectivity index (χ1n) is 11.9. The van der Waals surface area contributed by atoms with Crippen LogP contribution in [0.25, 0.3) is 11.1 Å². The number of hydrogen-bond donors (Lipinski definition) is 3. The van der Waals surface area contributed by atoms with Crippen LogP contribution in [0.5, 0.6) is 0 Å². The Morgan fingerprint density at radius 1 is 1.03 bits per heavy atom. The van der Waals surface area contributed by atoms with Crippen LogP contribution in [0, 0.1) is 11.3 Å². The lowest BCUT2D eigenvalue weighted by Crippen LogP contribution is -2.51. The van der Waals surface area contributed by atoms with E-state index in [0.717, 1.165) is 22.3 Å². The highest BCUT2D eigenvalue weighted by Gasteiger charge is 2.23. The number of carbonyl (C=O) groups excluding carboxylic acids is 1. The van der Waals surface area contributed by atoms with Crippen molar-refractivity contribution in [2.75, 3.05) is 6.54 Å². The number of ether oxygens (including phenoxy) is 1. The van der Waals surface area contributed by atoms with Crippen LogP contribution in [-0.4, -0.2) is 40.5 Å². The Hall–Kier alpha value is -3.70. The van der Waals surface area contributed by atoms with Gasteiger partial charge in [0.1, 0.15) is 5.60 Å². The van der Waals surface area contributed by atoms with Crippen molar-refractivity contribution in [3.8, 4) is 17.2 Å². The number of amides is 1. The molecule has 36 heavy (non-hydrogen) atoms. The molecule has 188 valence electrons. The van der Waals surface area contributed by atoms with E-state index >= 15 is 0 Å². The summed E-state index contributed by atoms with van der Waals surface area (Å²) in [4.78, 5) is 12.5. The molecular weight excluding hydrogens is 452 g/mol. The third-order valence-electron chi connectivity index (χ3n) is 5.55. The van der Waals surface area contributed by atoms with Gasteiger partial charge in [0, 0.05) is 19.1 Å². The molecule has 7 nitrogen and oxygen atoms in total. The molecule has 2 unspecified atom stereocenters. The van der Waals surface area contributed by atoms with Crippen LogP contribution >= 0.6 is 0 Å². The lowest BCUT2D eigenvalue weighted by atomic mass is 9.99. The number of hydrazine groups is 1. The highest BCUT2D eigenvalue weighted by molar-refractivity contribution is 5.70. The van der Waals surface area contributed by atoms with Crippen LogP contribution in [0.1, 0.15) is 37.5 Å². The zero-order valence-corrected chi connectivity index (χ0v) is 21.0. The van der Waals surface area contributed by atoms with Gasteiger partial charge >= 0.3 is 6.09 Å². The molecule has 0 heterocycles. The van der Waals surface area contributed by atoms with Crippen molar-refractivity contribution in [1.82, 2.24) is 10.4 Å². The van der Waals surface area contributed by atoms with Crippen molar-refractivity contribution in [2.24, 2.45) is 5.73 Å². The first-order chi connectivity index (χ1) is 17.1. The molecule has 0 aliphatic rings. The number of nitrogens with one attached hydrogen (secondary N) is 1. The van der Waals surface area contributed by atoms with Gasteiger partial charge in [-0.1, -0.05) is 72.8 Å². The van der Waals surface area contributed by atoms with Gasteiger partial charge in [0.2, 0.25) is 0 Å². The summed E-state index contributed by atoms with van der Waals surface area (Å²) in [5.41, 5.74) is 12.7. The SMILES string of the molecule is CC(C)(C)OC(=O)NN(Cc1ccc(-c2ccccc2C#N)cc1)CC(O)C(N)Cc1ccccc1. The second-order valence-corrected chi connectivity index (χ2v) is 9.77. The third-order valence-corrected chi connectivity index (χ3v) is 5.55. The van der Waals surface area contributed by atoms with Crippen LogP contribution < -0.4 is 11.2 Å². The molecule has 0 spiro atoms. The Balaban J connectivity index is 1.73. The van der Waals surface area contributed by atoms with Gasteiger partial charge in [-0.05, 0) is 55.5 Å². The highest BCUT2D eigenvalue weighted by Crippen LogP contribution is 2.24. The minimum atomic E-state index is -0.887. The Morgan fingerprint density at radius 3 is 2.31 bits per heavy atom. The fourth-order valence-corrected chi connectivity index (χ4v) is 3.81. The maximum atomic E-state index is 12.5. The van der Waals surface area contributed by atoms with Gasteiger partial charge in [0.15, 0.2) is 0 Å². The van der Waals surface area contributed by atoms with Gasteiger partial charge in [0.25, 0.3) is 0 Å². The Labute approximate surface area is 213 Å². The van der Waals surface area contributed by atoms with E-state index in [0.29, 0.717) is 18.5 Å². The molecule has 0 saturated carbocycles. The summed E-state index contributed by atoms with van der Waals surface area (Å²) in [6.45, 7) is 5.82. The molecule has 3 rings (SSSR count). The van der Waals surface area contributed by atoms with Crippen LogP contribution in [0.4, 0.5) is 4.79 Å². The fraction of sp³-hybridized carbons (Fsp3) is 0.310. The van der Waals surface area contributed by atoms with E-state index in [2.05, 4.69) is 11.5 Å². The van der Waals surface area contributed by atoms with Gasteiger partial charge in [-0.15, -0.1) is 0 Å². The molecule has 0 aromatic heterocycles. The smallest absolute Gasteiger partial charge is 0.422 e. The lowest BCUT2D eigenvalue weighted by Gasteiger charge is -2.29. The van der Waals surface area contributed by atoms with Crippen LogP contribution in [-0.2, 0) is 17.7 Å². The maximum Gasteiger partial charge on any atom is 0.422 e. The summed E-state index contributed by atoms with van der Waals surface area (Å²) < 4.78 is 5.41. The molecule has 0 fully saturated rings. The monoisotopic (exact) mass is 486 g/mol. The average molecular weight is 487 g/mol. The van der Waals surface area contributed by atoms with Crippen molar-refractivity contribution in [3.63, 3.8) is 0 Å². The number of aliphatic hydroxyl groups is 1. The fourth-order valence-electron chi connectivity index (χ4n) is 3.81. The van der Waals surface area contributed by atoms with Gasteiger partial charge in [0.05, 0.1) is 17.7 Å². The Bertz CT molecular complexity index is 1170. The normalized spacial score (nSPS) is 13.0. The van der Waals surface area contributed by atoms with Crippen LogP contribution in [0.15, 0.2) is 78.9 Å². The minimum Gasteiger partial charge on any atom is -0.443 e. The topological polar surface area (TPSA) is 112 Å². The van der Waals surface area contributed by atoms with Crippen molar-refractivity contribution >= 4 is 6.09 Å². The van der Waals surface area contributed by atoms with Crippen molar-refractivity contribution in [1.29, 1.82) is 5.26 Å². The standard InChI is InChI=1S/C29H34N4O3/c1-29(2,3)36-28(35)32-33(20-27(34)26(31)17-21-9-5-4-6-10-21)19-22-13-15-23(16-14-22)25-12-8-7-11-24(25)18-30/h4-16,26-27,34H,17,19-20,31H2,1-3H3,(H,32,35). The lowest BCUT2D eigenvalue weighted by molar-refractivity contribution is 0.0171. The number of hydrogen-bond acceptors (Lipinski definition) is 6. The maximum absolute atomic E-state index is 12.5. The highest BCUT2D eigenvalue weighted by atomic mass is 16.6. The zero-order valence-electron chi connectivity index (χ0n) is 21.0. The summed E-state index contributed by atoms with van der Waals surface area (Å²) in [6, 6.07) is 26.6. The van der Waals surface area contributed by atoms with E-state index in [9.17, 15) is 15.2 Å². The van der Waals surface area contributed by atoms with E-state index in [4.69, 9.17) is 10.5 Å². The molecule has 7 heteroatoms. The Kier molecular flexibility index (Phi) is 9.20. The molecule has 3 aromatic rings. The number of nitriles is 1. The van der Waals surface area contributed by atoms with E-state index in [1.54, 1.807) is 31.8 Å². The number of nitrogens with zero attached hydrogens (tertiary/aromatic N) is 2. The minimum absolute atomic E-state index is 0.117. The molecule has 0 bridgehead atoms. The molecule has 0 aliphatic carbocycles. The first-order valence-corrected chi connectivity index (χ1v) is 11.9. The number of rotatable bonds is 9. The van der Waals surface area contributed by atoms with Gasteiger partial charge in [-0.2, -0.15) is 5.26 Å². The van der Waals surface area contributed by atoms with E-state index < -0.39 is 23.8 Å². The molecular formula is C29H34N4O3. The Morgan fingerprint density at radius 2 is 1.67 bits per heavy atom. The molecule has 3 aromatic carbocycles. The number of carbonyl (C=O) groups is 1. The first kappa shape index (κ1) is 26.9. The second kappa shape index (κ2) is 12.3. The average Bonchev–Trinajstić information content (AvgIpc) is 2.83. The van der Waals surface area contributed by atoms with Crippen molar-refractivity contribution in [2.45, 2.75) is 51.5 Å². The summed E-state index contributed by atoms with van der Waals surface area (Å²) in [6.07, 6.45) is -0.984. The number of nitrogens with two attached hydrogens (primary N) is 1. The summed E-state index contributed by atoms with van der Waals surface area (Å²) >= 11 is 0. The van der Waals surface area contributed by atoms with E-state index in [-0.39, 0.29) is 6.54 Å². The summed E-state index contributed by atoms with van der Waals surface area (Å²) in [5.74, 6) is 0.